The molecule has 0 aliphatic rings. The van der Waals surface area contributed by atoms with E-state index in [0.29, 0.717) is 5.69 Å². The first kappa shape index (κ1) is 10.9. The third-order valence-electron chi connectivity index (χ3n) is 2.65. The van der Waals surface area contributed by atoms with Gasteiger partial charge in [0.2, 0.25) is 0 Å². The van der Waals surface area contributed by atoms with Gasteiger partial charge in [0.25, 0.3) is 0 Å². The Morgan fingerprint density at radius 2 is 2.17 bits per heavy atom. The molecule has 3 aromatic heterocycles. The van der Waals surface area contributed by atoms with Crippen molar-refractivity contribution in [3.63, 3.8) is 0 Å². The van der Waals surface area contributed by atoms with Crippen molar-refractivity contribution < 1.29 is 0 Å². The SMILES string of the molecule is N#Cc1cccn1-c1ccnc2cc(Br)cnc12. The van der Waals surface area contributed by atoms with Crippen LogP contribution in [-0.4, -0.2) is 14.5 Å². The summed E-state index contributed by atoms with van der Waals surface area (Å²) < 4.78 is 2.69. The van der Waals surface area contributed by atoms with Crippen LogP contribution in [0.15, 0.2) is 47.3 Å². The van der Waals surface area contributed by atoms with E-state index in [4.69, 9.17) is 5.26 Å². The second-order valence-electron chi connectivity index (χ2n) is 3.73. The van der Waals surface area contributed by atoms with Crippen molar-refractivity contribution in [2.75, 3.05) is 0 Å². The minimum Gasteiger partial charge on any atom is -0.306 e. The predicted molar refractivity (Wildman–Crippen MR) is 71.3 cm³/mol. The van der Waals surface area contributed by atoms with E-state index < -0.39 is 0 Å². The number of hydrogen-bond acceptors (Lipinski definition) is 3. The molecule has 0 aliphatic carbocycles. The van der Waals surface area contributed by atoms with Crippen molar-refractivity contribution in [2.24, 2.45) is 0 Å². The Morgan fingerprint density at radius 1 is 1.28 bits per heavy atom. The lowest BCUT2D eigenvalue weighted by atomic mass is 10.2. The molecule has 0 amide bonds. The molecule has 0 saturated heterocycles. The molecule has 86 valence electrons. The van der Waals surface area contributed by atoms with Gasteiger partial charge in [-0.3, -0.25) is 9.97 Å². The minimum absolute atomic E-state index is 0.576. The van der Waals surface area contributed by atoms with Crippen molar-refractivity contribution in [1.29, 1.82) is 5.26 Å². The molecule has 3 aromatic rings. The number of nitrogens with zero attached hydrogens (tertiary/aromatic N) is 4. The summed E-state index contributed by atoms with van der Waals surface area (Å²) in [5.41, 5.74) is 2.99. The molecule has 0 fully saturated rings. The third-order valence-corrected chi connectivity index (χ3v) is 3.08. The largest absolute Gasteiger partial charge is 0.306 e. The molecule has 0 bridgehead atoms. The number of nitriles is 1. The molecule has 0 N–H and O–H groups in total. The van der Waals surface area contributed by atoms with Gasteiger partial charge in [-0.1, -0.05) is 0 Å². The van der Waals surface area contributed by atoms with Gasteiger partial charge in [0, 0.05) is 23.1 Å². The molecule has 0 atom stereocenters. The molecule has 0 spiro atoms. The fraction of sp³-hybridized carbons (Fsp3) is 0. The maximum Gasteiger partial charge on any atom is 0.124 e. The molecule has 4 nitrogen and oxygen atoms in total. The van der Waals surface area contributed by atoms with Crippen LogP contribution in [0, 0.1) is 11.3 Å². The first-order valence-corrected chi connectivity index (χ1v) is 6.07. The fourth-order valence-electron chi connectivity index (χ4n) is 1.87. The van der Waals surface area contributed by atoms with Crippen LogP contribution < -0.4 is 0 Å². The molecule has 0 aliphatic heterocycles. The number of rotatable bonds is 1. The topological polar surface area (TPSA) is 54.5 Å². The Kier molecular flexibility index (Phi) is 2.58. The van der Waals surface area contributed by atoms with Gasteiger partial charge >= 0.3 is 0 Å². The van der Waals surface area contributed by atoms with Gasteiger partial charge in [-0.05, 0) is 40.2 Å². The summed E-state index contributed by atoms with van der Waals surface area (Å²) in [6.45, 7) is 0. The first-order valence-electron chi connectivity index (χ1n) is 5.27. The summed E-state index contributed by atoms with van der Waals surface area (Å²) in [7, 11) is 0. The van der Waals surface area contributed by atoms with Crippen LogP contribution in [0.25, 0.3) is 16.7 Å². The molecule has 0 radical (unpaired) electrons. The van der Waals surface area contributed by atoms with Crippen LogP contribution in [0.4, 0.5) is 0 Å². The first-order chi connectivity index (χ1) is 8.79. The van der Waals surface area contributed by atoms with Gasteiger partial charge in [0.05, 0.1) is 11.2 Å². The van der Waals surface area contributed by atoms with Crippen LogP contribution in [0.2, 0.25) is 0 Å². The maximum atomic E-state index is 9.07. The Bertz CT molecular complexity index is 770. The fourth-order valence-corrected chi connectivity index (χ4v) is 2.19. The number of fused-ring (bicyclic) bond motifs is 1. The Morgan fingerprint density at radius 3 is 3.00 bits per heavy atom. The van der Waals surface area contributed by atoms with E-state index >= 15 is 0 Å². The van der Waals surface area contributed by atoms with Crippen molar-refractivity contribution in [2.45, 2.75) is 0 Å². The summed E-state index contributed by atoms with van der Waals surface area (Å²) in [6, 6.07) is 9.52. The third kappa shape index (κ3) is 1.67. The predicted octanol–water partition coefficient (Wildman–Crippen LogP) is 3.05. The smallest absolute Gasteiger partial charge is 0.124 e. The number of halogens is 1. The van der Waals surface area contributed by atoms with E-state index in [1.54, 1.807) is 18.5 Å². The molecular formula is C13H7BrN4. The van der Waals surface area contributed by atoms with E-state index in [1.165, 1.54) is 0 Å². The minimum atomic E-state index is 0.576. The lowest BCUT2D eigenvalue weighted by molar-refractivity contribution is 1.05. The van der Waals surface area contributed by atoms with Crippen molar-refractivity contribution in [1.82, 2.24) is 14.5 Å². The molecule has 0 unspecified atom stereocenters. The Balaban J connectivity index is 2.34. The molecule has 5 heteroatoms. The molecular weight excluding hydrogens is 292 g/mol. The van der Waals surface area contributed by atoms with Crippen LogP contribution in [0.3, 0.4) is 0 Å². The summed E-state index contributed by atoms with van der Waals surface area (Å²) >= 11 is 3.37. The van der Waals surface area contributed by atoms with Gasteiger partial charge in [-0.25, -0.2) is 0 Å². The van der Waals surface area contributed by atoms with Crippen LogP contribution in [0.5, 0.6) is 0 Å². The maximum absolute atomic E-state index is 9.07. The second-order valence-corrected chi connectivity index (χ2v) is 4.64. The molecule has 0 saturated carbocycles. The Labute approximate surface area is 112 Å². The van der Waals surface area contributed by atoms with Gasteiger partial charge in [0.15, 0.2) is 0 Å². The lowest BCUT2D eigenvalue weighted by Gasteiger charge is -2.07. The van der Waals surface area contributed by atoms with Crippen molar-refractivity contribution >= 4 is 27.0 Å². The normalized spacial score (nSPS) is 10.4. The van der Waals surface area contributed by atoms with Gasteiger partial charge in [-0.15, -0.1) is 0 Å². The summed E-state index contributed by atoms with van der Waals surface area (Å²) in [5, 5.41) is 9.07. The van der Waals surface area contributed by atoms with Crippen LogP contribution >= 0.6 is 15.9 Å². The van der Waals surface area contributed by atoms with E-state index in [1.807, 2.05) is 29.0 Å². The van der Waals surface area contributed by atoms with E-state index in [9.17, 15) is 0 Å². The van der Waals surface area contributed by atoms with Crippen LogP contribution in [-0.2, 0) is 0 Å². The Hall–Kier alpha value is -2.19. The number of hydrogen-bond donors (Lipinski definition) is 0. The van der Waals surface area contributed by atoms with Gasteiger partial charge < -0.3 is 4.57 Å². The molecule has 18 heavy (non-hydrogen) atoms. The second kappa shape index (κ2) is 4.24. The zero-order valence-corrected chi connectivity index (χ0v) is 10.8. The van der Waals surface area contributed by atoms with Gasteiger partial charge in [0.1, 0.15) is 17.3 Å². The van der Waals surface area contributed by atoms with Crippen molar-refractivity contribution in [3.8, 4) is 11.8 Å². The summed E-state index contributed by atoms with van der Waals surface area (Å²) in [6.07, 6.45) is 5.28. The average molecular weight is 299 g/mol. The monoisotopic (exact) mass is 298 g/mol. The van der Waals surface area contributed by atoms with E-state index in [-0.39, 0.29) is 0 Å². The quantitative estimate of drug-likeness (QED) is 0.694. The lowest BCUT2D eigenvalue weighted by Crippen LogP contribution is -1.98. The van der Waals surface area contributed by atoms with Gasteiger partial charge in [-0.2, -0.15) is 5.26 Å². The number of pyridine rings is 2. The van der Waals surface area contributed by atoms with Crippen LogP contribution in [0.1, 0.15) is 5.69 Å². The zero-order valence-electron chi connectivity index (χ0n) is 9.21. The average Bonchev–Trinajstić information content (AvgIpc) is 2.85. The van der Waals surface area contributed by atoms with E-state index in [2.05, 4.69) is 32.0 Å². The summed E-state index contributed by atoms with van der Waals surface area (Å²) in [5.74, 6) is 0. The highest BCUT2D eigenvalue weighted by atomic mass is 79.9. The highest BCUT2D eigenvalue weighted by molar-refractivity contribution is 9.10. The highest BCUT2D eigenvalue weighted by Crippen LogP contribution is 2.22. The zero-order chi connectivity index (χ0) is 12.5. The number of aromatic nitrogens is 3. The standard InChI is InChI=1S/C13H7BrN4/c14-9-6-11-13(17-8-9)12(3-4-16-11)18-5-1-2-10(18)7-15/h1-6,8H. The van der Waals surface area contributed by atoms with Crippen molar-refractivity contribution in [3.05, 3.63) is 53.0 Å². The molecule has 3 rings (SSSR count). The highest BCUT2D eigenvalue weighted by Gasteiger charge is 2.08. The van der Waals surface area contributed by atoms with E-state index in [0.717, 1.165) is 21.2 Å². The molecule has 3 heterocycles. The summed E-state index contributed by atoms with van der Waals surface area (Å²) in [4.78, 5) is 8.65. The molecule has 0 aromatic carbocycles.